The van der Waals surface area contributed by atoms with Gasteiger partial charge in [-0.3, -0.25) is 10.1 Å². The summed E-state index contributed by atoms with van der Waals surface area (Å²) in [5.41, 5.74) is 2.49. The molecule has 2 heterocycles. The lowest BCUT2D eigenvalue weighted by atomic mass is 9.76. The topological polar surface area (TPSA) is 55.6 Å². The van der Waals surface area contributed by atoms with Gasteiger partial charge in [0.2, 0.25) is 5.72 Å². The lowest BCUT2D eigenvalue weighted by Crippen LogP contribution is -2.60. The van der Waals surface area contributed by atoms with Crippen LogP contribution >= 0.6 is 0 Å². The van der Waals surface area contributed by atoms with Gasteiger partial charge >= 0.3 is 0 Å². The maximum Gasteiger partial charge on any atom is 0.270 e. The number of rotatable bonds is 3. The summed E-state index contributed by atoms with van der Waals surface area (Å²) in [6.45, 7) is 12.0. The third kappa shape index (κ3) is 3.00. The van der Waals surface area contributed by atoms with Gasteiger partial charge in [-0.15, -0.1) is 0 Å². The first-order valence-electron chi connectivity index (χ1n) is 10.1. The molecule has 2 aromatic carbocycles. The normalized spacial score (nSPS) is 21.6. The van der Waals surface area contributed by atoms with E-state index in [1.54, 1.807) is 12.1 Å². The zero-order valence-electron chi connectivity index (χ0n) is 17.7. The van der Waals surface area contributed by atoms with Gasteiger partial charge < -0.3 is 9.64 Å². The number of nitro groups is 1. The van der Waals surface area contributed by atoms with Crippen LogP contribution in [-0.2, 0) is 5.41 Å². The van der Waals surface area contributed by atoms with Crippen LogP contribution in [-0.4, -0.2) is 17.2 Å². The van der Waals surface area contributed by atoms with E-state index in [0.717, 1.165) is 18.5 Å². The molecular weight excluding hydrogens is 364 g/mol. The van der Waals surface area contributed by atoms with Gasteiger partial charge in [-0.2, -0.15) is 0 Å². The average molecular weight is 392 g/mol. The number of nitro benzene ring substituents is 1. The van der Waals surface area contributed by atoms with E-state index in [-0.39, 0.29) is 21.4 Å². The summed E-state index contributed by atoms with van der Waals surface area (Å²) in [5.74, 6) is 0.680. The van der Waals surface area contributed by atoms with E-state index in [9.17, 15) is 10.1 Å². The van der Waals surface area contributed by atoms with Gasteiger partial charge in [0.1, 0.15) is 5.75 Å². The van der Waals surface area contributed by atoms with E-state index in [1.807, 2.05) is 6.08 Å². The summed E-state index contributed by atoms with van der Waals surface area (Å²) in [6, 6.07) is 13.3. The first-order chi connectivity index (χ1) is 13.6. The number of para-hydroxylation sites is 1. The summed E-state index contributed by atoms with van der Waals surface area (Å²) < 4.78 is 6.71. The van der Waals surface area contributed by atoms with Crippen LogP contribution in [0.2, 0.25) is 0 Å². The smallest absolute Gasteiger partial charge is 0.270 e. The molecule has 2 aliphatic rings. The zero-order chi connectivity index (χ0) is 21.0. The van der Waals surface area contributed by atoms with E-state index in [4.69, 9.17) is 4.74 Å². The molecule has 4 rings (SSSR count). The van der Waals surface area contributed by atoms with Crippen molar-refractivity contribution in [3.05, 3.63) is 69.8 Å². The zero-order valence-corrected chi connectivity index (χ0v) is 17.7. The fourth-order valence-electron chi connectivity index (χ4n) is 4.44. The number of benzene rings is 2. The highest BCUT2D eigenvalue weighted by molar-refractivity contribution is 5.73. The maximum atomic E-state index is 11.2. The average Bonchev–Trinajstić information content (AvgIpc) is 2.83. The molecule has 29 heavy (non-hydrogen) atoms. The van der Waals surface area contributed by atoms with Gasteiger partial charge in [-0.25, -0.2) is 0 Å². The van der Waals surface area contributed by atoms with Crippen LogP contribution in [0.15, 0.2) is 48.5 Å². The van der Waals surface area contributed by atoms with E-state index >= 15 is 0 Å². The summed E-state index contributed by atoms with van der Waals surface area (Å²) in [5, 5.41) is 11.2. The predicted octanol–water partition coefficient (Wildman–Crippen LogP) is 5.93. The number of ether oxygens (including phenoxy) is 1. The third-order valence-corrected chi connectivity index (χ3v) is 6.21. The highest BCUT2D eigenvalue weighted by atomic mass is 16.6. The molecule has 5 heteroatoms. The minimum absolute atomic E-state index is 0.0755. The second-order valence-corrected chi connectivity index (χ2v) is 9.72. The van der Waals surface area contributed by atoms with Crippen LogP contribution in [0.3, 0.4) is 0 Å². The Morgan fingerprint density at radius 3 is 2.55 bits per heavy atom. The van der Waals surface area contributed by atoms with Gasteiger partial charge in [-0.1, -0.05) is 39.0 Å². The first-order valence-corrected chi connectivity index (χ1v) is 10.1. The number of hydrogen-bond donors (Lipinski definition) is 0. The number of nitrogens with zero attached hydrogens (tertiary/aromatic N) is 2. The van der Waals surface area contributed by atoms with E-state index < -0.39 is 5.72 Å². The molecule has 0 amide bonds. The molecule has 0 aromatic heterocycles. The highest BCUT2D eigenvalue weighted by Crippen LogP contribution is 2.55. The summed E-state index contributed by atoms with van der Waals surface area (Å²) in [6.07, 6.45) is 5.08. The molecule has 0 fully saturated rings. The van der Waals surface area contributed by atoms with E-state index in [1.165, 1.54) is 17.3 Å². The van der Waals surface area contributed by atoms with Crippen LogP contribution in [0.4, 0.5) is 11.4 Å². The monoisotopic (exact) mass is 392 g/mol. The van der Waals surface area contributed by atoms with Crippen molar-refractivity contribution in [2.45, 2.75) is 52.2 Å². The van der Waals surface area contributed by atoms with E-state index in [0.29, 0.717) is 5.75 Å². The number of anilines is 1. The van der Waals surface area contributed by atoms with Crippen molar-refractivity contribution in [3.8, 4) is 5.75 Å². The Labute approximate surface area is 172 Å². The summed E-state index contributed by atoms with van der Waals surface area (Å²) in [4.78, 5) is 13.1. The van der Waals surface area contributed by atoms with Gasteiger partial charge in [0.15, 0.2) is 0 Å². The number of fused-ring (bicyclic) bond motifs is 2. The predicted molar refractivity (Wildman–Crippen MR) is 116 cm³/mol. The van der Waals surface area contributed by atoms with Gasteiger partial charge in [0.05, 0.1) is 10.3 Å². The highest BCUT2D eigenvalue weighted by Gasteiger charge is 2.58. The molecule has 152 valence electrons. The van der Waals surface area contributed by atoms with Gasteiger partial charge in [-0.05, 0) is 55.5 Å². The Balaban J connectivity index is 1.82. The quantitative estimate of drug-likeness (QED) is 0.480. The van der Waals surface area contributed by atoms with Crippen molar-refractivity contribution in [1.82, 2.24) is 0 Å². The van der Waals surface area contributed by atoms with Crippen molar-refractivity contribution in [3.63, 3.8) is 0 Å². The van der Waals surface area contributed by atoms with Crippen LogP contribution in [0.5, 0.6) is 5.75 Å². The minimum atomic E-state index is -0.676. The lowest BCUT2D eigenvalue weighted by Gasteiger charge is -2.47. The molecule has 0 saturated carbocycles. The SMILES string of the molecule is CC(C)(C)CCN1c2ccccc2C(C)(C)C12C=Cc1cc([N+](=O)[O-])ccc1O2. The van der Waals surface area contributed by atoms with Crippen LogP contribution < -0.4 is 9.64 Å². The van der Waals surface area contributed by atoms with Crippen molar-refractivity contribution in [2.24, 2.45) is 5.41 Å². The van der Waals surface area contributed by atoms with Gasteiger partial charge in [0.25, 0.3) is 5.69 Å². The largest absolute Gasteiger partial charge is 0.463 e. The van der Waals surface area contributed by atoms with Crippen LogP contribution in [0, 0.1) is 15.5 Å². The Kier molecular flexibility index (Phi) is 4.26. The second-order valence-electron chi connectivity index (χ2n) is 9.72. The molecule has 2 aliphatic heterocycles. The molecule has 1 spiro atoms. The molecule has 0 bridgehead atoms. The van der Waals surface area contributed by atoms with Crippen molar-refractivity contribution < 1.29 is 9.66 Å². The van der Waals surface area contributed by atoms with Crippen molar-refractivity contribution in [2.75, 3.05) is 11.4 Å². The molecule has 0 aliphatic carbocycles. The minimum Gasteiger partial charge on any atom is -0.463 e. The Bertz CT molecular complexity index is 1000. The molecular formula is C24H28N2O3. The summed E-state index contributed by atoms with van der Waals surface area (Å²) in [7, 11) is 0. The standard InChI is InChI=1S/C24H28N2O3/c1-22(2,3)14-15-25-20-9-7-6-8-19(20)23(4,5)24(25)13-12-17-16-18(26(27)28)10-11-21(17)29-24/h6-13,16H,14-15H2,1-5H3. The number of non-ortho nitro benzene ring substituents is 1. The van der Waals surface area contributed by atoms with E-state index in [2.05, 4.69) is 69.9 Å². The Morgan fingerprint density at radius 2 is 1.86 bits per heavy atom. The molecule has 1 unspecified atom stereocenters. The van der Waals surface area contributed by atoms with Gasteiger partial charge in [0, 0.05) is 29.9 Å². The molecule has 0 saturated heterocycles. The number of hydrogen-bond acceptors (Lipinski definition) is 4. The van der Waals surface area contributed by atoms with Crippen LogP contribution in [0.1, 0.15) is 52.2 Å². The molecule has 1 atom stereocenters. The lowest BCUT2D eigenvalue weighted by molar-refractivity contribution is -0.384. The van der Waals surface area contributed by atoms with Crippen LogP contribution in [0.25, 0.3) is 6.08 Å². The maximum absolute atomic E-state index is 11.2. The summed E-state index contributed by atoms with van der Waals surface area (Å²) >= 11 is 0. The Hall–Kier alpha value is -2.82. The Morgan fingerprint density at radius 1 is 1.14 bits per heavy atom. The first kappa shape index (κ1) is 19.5. The molecule has 2 aromatic rings. The van der Waals surface area contributed by atoms with Crippen molar-refractivity contribution >= 4 is 17.5 Å². The molecule has 5 nitrogen and oxygen atoms in total. The fraction of sp³-hybridized carbons (Fsp3) is 0.417. The molecule has 0 radical (unpaired) electrons. The second kappa shape index (κ2) is 6.34. The fourth-order valence-corrected chi connectivity index (χ4v) is 4.44. The van der Waals surface area contributed by atoms with Crippen molar-refractivity contribution in [1.29, 1.82) is 0 Å². The third-order valence-electron chi connectivity index (χ3n) is 6.21. The molecule has 0 N–H and O–H groups in total.